The van der Waals surface area contributed by atoms with E-state index in [0.717, 1.165) is 22.8 Å². The second-order valence-electron chi connectivity index (χ2n) is 3.90. The van der Waals surface area contributed by atoms with Gasteiger partial charge < -0.3 is 9.84 Å². The first-order chi connectivity index (χ1) is 8.15. The number of carbonyl (C=O) groups excluding carboxylic acids is 1. The summed E-state index contributed by atoms with van der Waals surface area (Å²) in [6.07, 6.45) is 0.911. The molecule has 0 saturated carbocycles. The molecule has 17 heavy (non-hydrogen) atoms. The maximum atomic E-state index is 11.4. The molecule has 0 saturated heterocycles. The zero-order chi connectivity index (χ0) is 12.4. The molecule has 0 spiro atoms. The van der Waals surface area contributed by atoms with E-state index in [2.05, 4.69) is 11.7 Å². The maximum absolute atomic E-state index is 11.4. The zero-order valence-corrected chi connectivity index (χ0v) is 9.86. The van der Waals surface area contributed by atoms with Gasteiger partial charge in [0.1, 0.15) is 5.75 Å². The fourth-order valence-corrected chi connectivity index (χ4v) is 1.84. The Kier molecular flexibility index (Phi) is 3.00. The first-order valence-corrected chi connectivity index (χ1v) is 5.49. The standard InChI is InChI=1S/C14H14O3/c1-3-9-4-5-10-7-11(14(16)17-2)8-13(15)12(10)6-9/h4-8,15H,3H2,1-2H3. The minimum atomic E-state index is -0.443. The van der Waals surface area contributed by atoms with E-state index in [9.17, 15) is 9.90 Å². The van der Waals surface area contributed by atoms with Crippen molar-refractivity contribution >= 4 is 16.7 Å². The van der Waals surface area contributed by atoms with Crippen LogP contribution in [0, 0.1) is 0 Å². The Bertz CT molecular complexity index is 573. The molecule has 0 aliphatic rings. The number of esters is 1. The van der Waals surface area contributed by atoms with Crippen LogP contribution in [-0.4, -0.2) is 18.2 Å². The lowest BCUT2D eigenvalue weighted by Gasteiger charge is -2.06. The van der Waals surface area contributed by atoms with Gasteiger partial charge in [0.15, 0.2) is 0 Å². The minimum absolute atomic E-state index is 0.109. The van der Waals surface area contributed by atoms with Crippen molar-refractivity contribution in [2.75, 3.05) is 7.11 Å². The van der Waals surface area contributed by atoms with Crippen LogP contribution in [0.15, 0.2) is 30.3 Å². The van der Waals surface area contributed by atoms with Gasteiger partial charge in [0, 0.05) is 5.39 Å². The van der Waals surface area contributed by atoms with Crippen LogP contribution >= 0.6 is 0 Å². The Hall–Kier alpha value is -2.03. The lowest BCUT2D eigenvalue weighted by atomic mass is 10.0. The fraction of sp³-hybridized carbons (Fsp3) is 0.214. The minimum Gasteiger partial charge on any atom is -0.507 e. The Morgan fingerprint density at radius 1 is 1.29 bits per heavy atom. The average molecular weight is 230 g/mol. The van der Waals surface area contributed by atoms with Gasteiger partial charge in [-0.25, -0.2) is 4.79 Å². The molecule has 0 heterocycles. The molecule has 2 rings (SSSR count). The van der Waals surface area contributed by atoms with Crippen molar-refractivity contribution in [2.45, 2.75) is 13.3 Å². The monoisotopic (exact) mass is 230 g/mol. The van der Waals surface area contributed by atoms with Gasteiger partial charge in [0.05, 0.1) is 12.7 Å². The van der Waals surface area contributed by atoms with Crippen molar-refractivity contribution in [3.8, 4) is 5.75 Å². The number of aryl methyl sites for hydroxylation is 1. The normalized spacial score (nSPS) is 10.5. The third-order valence-electron chi connectivity index (χ3n) is 2.83. The molecule has 0 amide bonds. The summed E-state index contributed by atoms with van der Waals surface area (Å²) in [7, 11) is 1.32. The molecule has 0 aromatic heterocycles. The molecule has 2 aromatic rings. The van der Waals surface area contributed by atoms with E-state index in [1.54, 1.807) is 6.07 Å². The van der Waals surface area contributed by atoms with Crippen molar-refractivity contribution in [3.05, 3.63) is 41.5 Å². The SMILES string of the molecule is CCc1ccc2cc(C(=O)OC)cc(O)c2c1. The number of aromatic hydroxyl groups is 1. The number of ether oxygens (including phenoxy) is 1. The summed E-state index contributed by atoms with van der Waals surface area (Å²) in [6.45, 7) is 2.06. The molecule has 2 aromatic carbocycles. The second kappa shape index (κ2) is 4.45. The highest BCUT2D eigenvalue weighted by Gasteiger charge is 2.10. The van der Waals surface area contributed by atoms with Gasteiger partial charge in [0.2, 0.25) is 0 Å². The molecule has 1 N–H and O–H groups in total. The summed E-state index contributed by atoms with van der Waals surface area (Å²) >= 11 is 0. The first kappa shape index (κ1) is 11.5. The molecule has 0 bridgehead atoms. The highest BCUT2D eigenvalue weighted by Crippen LogP contribution is 2.28. The molecule has 88 valence electrons. The van der Waals surface area contributed by atoms with Crippen LogP contribution in [0.4, 0.5) is 0 Å². The van der Waals surface area contributed by atoms with Crippen molar-refractivity contribution in [3.63, 3.8) is 0 Å². The lowest BCUT2D eigenvalue weighted by molar-refractivity contribution is 0.0600. The Balaban J connectivity index is 2.63. The molecule has 0 atom stereocenters. The van der Waals surface area contributed by atoms with Gasteiger partial charge in [0.25, 0.3) is 0 Å². The first-order valence-electron chi connectivity index (χ1n) is 5.49. The van der Waals surface area contributed by atoms with Crippen LogP contribution in [0.25, 0.3) is 10.8 Å². The molecule has 0 radical (unpaired) electrons. The van der Waals surface area contributed by atoms with Gasteiger partial charge in [-0.1, -0.05) is 19.1 Å². The van der Waals surface area contributed by atoms with Gasteiger partial charge in [-0.15, -0.1) is 0 Å². The van der Waals surface area contributed by atoms with E-state index in [-0.39, 0.29) is 5.75 Å². The molecule has 0 aliphatic heterocycles. The summed E-state index contributed by atoms with van der Waals surface area (Å²) in [6, 6.07) is 8.99. The number of carbonyl (C=O) groups is 1. The summed E-state index contributed by atoms with van der Waals surface area (Å²) in [5.74, 6) is -0.333. The van der Waals surface area contributed by atoms with E-state index >= 15 is 0 Å². The van der Waals surface area contributed by atoms with Gasteiger partial charge in [-0.2, -0.15) is 0 Å². The van der Waals surface area contributed by atoms with Crippen molar-refractivity contribution in [1.82, 2.24) is 0 Å². The van der Waals surface area contributed by atoms with Crippen LogP contribution in [0.5, 0.6) is 5.75 Å². The number of hydrogen-bond acceptors (Lipinski definition) is 3. The summed E-state index contributed by atoms with van der Waals surface area (Å²) in [4.78, 5) is 11.4. The highest BCUT2D eigenvalue weighted by atomic mass is 16.5. The van der Waals surface area contributed by atoms with E-state index < -0.39 is 5.97 Å². The fourth-order valence-electron chi connectivity index (χ4n) is 1.84. The van der Waals surface area contributed by atoms with Crippen molar-refractivity contribution < 1.29 is 14.6 Å². The Morgan fingerprint density at radius 3 is 2.71 bits per heavy atom. The molecule has 3 nitrogen and oxygen atoms in total. The van der Waals surface area contributed by atoms with Crippen LogP contribution in [0.3, 0.4) is 0 Å². The molecule has 0 unspecified atom stereocenters. The van der Waals surface area contributed by atoms with Gasteiger partial charge in [-0.3, -0.25) is 0 Å². The topological polar surface area (TPSA) is 46.5 Å². The third kappa shape index (κ3) is 2.09. The average Bonchev–Trinajstić information content (AvgIpc) is 2.37. The van der Waals surface area contributed by atoms with Crippen LogP contribution in [0.1, 0.15) is 22.8 Å². The predicted molar refractivity (Wildman–Crippen MR) is 66.3 cm³/mol. The molecule has 0 fully saturated rings. The van der Waals surface area contributed by atoms with Crippen LogP contribution in [0.2, 0.25) is 0 Å². The quantitative estimate of drug-likeness (QED) is 0.807. The van der Waals surface area contributed by atoms with E-state index in [0.29, 0.717) is 5.56 Å². The Morgan fingerprint density at radius 2 is 2.06 bits per heavy atom. The van der Waals surface area contributed by atoms with Crippen LogP contribution < -0.4 is 0 Å². The number of rotatable bonds is 2. The van der Waals surface area contributed by atoms with Gasteiger partial charge in [-0.05, 0) is 35.6 Å². The molecule has 0 aliphatic carbocycles. The van der Waals surface area contributed by atoms with E-state index in [4.69, 9.17) is 0 Å². The van der Waals surface area contributed by atoms with E-state index in [1.807, 2.05) is 18.2 Å². The predicted octanol–water partition coefficient (Wildman–Crippen LogP) is 2.89. The van der Waals surface area contributed by atoms with E-state index in [1.165, 1.54) is 13.2 Å². The summed E-state index contributed by atoms with van der Waals surface area (Å²) < 4.78 is 4.64. The Labute approximate surface area is 99.6 Å². The van der Waals surface area contributed by atoms with Crippen molar-refractivity contribution in [1.29, 1.82) is 0 Å². The third-order valence-corrected chi connectivity index (χ3v) is 2.83. The van der Waals surface area contributed by atoms with Gasteiger partial charge >= 0.3 is 5.97 Å². The number of phenols is 1. The smallest absolute Gasteiger partial charge is 0.338 e. The zero-order valence-electron chi connectivity index (χ0n) is 9.86. The molecular formula is C14H14O3. The number of benzene rings is 2. The molecular weight excluding hydrogens is 216 g/mol. The number of phenolic OH excluding ortho intramolecular Hbond substituents is 1. The van der Waals surface area contributed by atoms with Crippen LogP contribution in [-0.2, 0) is 11.2 Å². The maximum Gasteiger partial charge on any atom is 0.338 e. The lowest BCUT2D eigenvalue weighted by Crippen LogP contribution is -2.00. The number of fused-ring (bicyclic) bond motifs is 1. The largest absolute Gasteiger partial charge is 0.507 e. The summed E-state index contributed by atoms with van der Waals surface area (Å²) in [5, 5.41) is 11.5. The highest BCUT2D eigenvalue weighted by molar-refractivity contribution is 5.98. The van der Waals surface area contributed by atoms with Crippen molar-refractivity contribution in [2.24, 2.45) is 0 Å². The number of methoxy groups -OCH3 is 1. The second-order valence-corrected chi connectivity index (χ2v) is 3.90. The molecule has 3 heteroatoms. The summed E-state index contributed by atoms with van der Waals surface area (Å²) in [5.41, 5.74) is 1.51. The number of hydrogen-bond donors (Lipinski definition) is 1.